The van der Waals surface area contributed by atoms with Gasteiger partial charge < -0.3 is 10.4 Å². The van der Waals surface area contributed by atoms with E-state index in [1.54, 1.807) is 24.1 Å². The van der Waals surface area contributed by atoms with Crippen molar-refractivity contribution in [3.05, 3.63) is 29.8 Å². The minimum atomic E-state index is -0.115. The van der Waals surface area contributed by atoms with E-state index in [0.717, 1.165) is 0 Å². The van der Waals surface area contributed by atoms with E-state index in [4.69, 9.17) is 5.11 Å². The molecule has 0 aromatic heterocycles. The topological polar surface area (TPSA) is 69.6 Å². The van der Waals surface area contributed by atoms with Crippen molar-refractivity contribution in [3.8, 4) is 5.75 Å². The number of phenols is 1. The molecule has 2 N–H and O–H groups in total. The quantitative estimate of drug-likeness (QED) is 0.727. The Morgan fingerprint density at radius 1 is 1.22 bits per heavy atom. The predicted octanol–water partition coefficient (Wildman–Crippen LogP) is 0.643. The van der Waals surface area contributed by atoms with Crippen molar-refractivity contribution in [1.29, 1.82) is 0 Å². The van der Waals surface area contributed by atoms with E-state index in [9.17, 15) is 9.59 Å². The number of carbonyl (C=O) groups excluding carboxylic acids is 2. The number of carbonyl (C=O) groups is 2. The first-order valence-electron chi connectivity index (χ1n) is 5.82. The fraction of sp³-hybridized carbons (Fsp3) is 0.385. The molecular formula is C13H18N2O3. The number of benzene rings is 1. The van der Waals surface area contributed by atoms with Gasteiger partial charge in [0.1, 0.15) is 5.75 Å². The maximum Gasteiger partial charge on any atom is 0.233 e. The van der Waals surface area contributed by atoms with E-state index >= 15 is 0 Å². The summed E-state index contributed by atoms with van der Waals surface area (Å²) in [5.74, 6) is -0.0552. The molecule has 18 heavy (non-hydrogen) atoms. The Morgan fingerprint density at radius 2 is 1.83 bits per heavy atom. The Kier molecular flexibility index (Phi) is 5.32. The normalized spacial score (nSPS) is 10.4. The molecule has 0 atom stereocenters. The minimum Gasteiger partial charge on any atom is -0.508 e. The van der Waals surface area contributed by atoms with Crippen LogP contribution < -0.4 is 5.32 Å². The molecule has 0 unspecified atom stereocenters. The van der Waals surface area contributed by atoms with Gasteiger partial charge in [-0.05, 0) is 30.8 Å². The smallest absolute Gasteiger partial charge is 0.233 e. The summed E-state index contributed by atoms with van der Waals surface area (Å²) in [5, 5.41) is 11.7. The van der Waals surface area contributed by atoms with Crippen LogP contribution in [0.2, 0.25) is 0 Å². The molecule has 0 radical (unpaired) electrons. The molecule has 1 aromatic rings. The van der Waals surface area contributed by atoms with E-state index in [1.165, 1.54) is 12.1 Å². The third-order valence-corrected chi connectivity index (χ3v) is 2.65. The molecule has 0 aliphatic carbocycles. The number of aromatic hydroxyl groups is 1. The summed E-state index contributed by atoms with van der Waals surface area (Å²) in [6.07, 6.45) is 0. The van der Waals surface area contributed by atoms with Crippen LogP contribution in [0.1, 0.15) is 17.3 Å². The lowest BCUT2D eigenvalue weighted by molar-refractivity contribution is -0.121. The predicted molar refractivity (Wildman–Crippen MR) is 68.6 cm³/mol. The lowest BCUT2D eigenvalue weighted by Gasteiger charge is -2.18. The molecule has 0 saturated carbocycles. The third-order valence-electron chi connectivity index (χ3n) is 2.65. The van der Waals surface area contributed by atoms with Crippen LogP contribution in [-0.4, -0.2) is 48.4 Å². The van der Waals surface area contributed by atoms with Crippen LogP contribution >= 0.6 is 0 Å². The zero-order valence-corrected chi connectivity index (χ0v) is 10.6. The van der Waals surface area contributed by atoms with E-state index in [-0.39, 0.29) is 30.5 Å². The molecule has 5 nitrogen and oxygen atoms in total. The zero-order valence-electron chi connectivity index (χ0n) is 10.6. The molecule has 0 saturated heterocycles. The summed E-state index contributed by atoms with van der Waals surface area (Å²) in [7, 11) is 1.57. The summed E-state index contributed by atoms with van der Waals surface area (Å²) < 4.78 is 0. The molecule has 98 valence electrons. The SMILES string of the molecule is CCN(CC(=O)NC)CC(=O)c1ccc(O)cc1. The number of rotatable bonds is 6. The molecular weight excluding hydrogens is 232 g/mol. The fourth-order valence-corrected chi connectivity index (χ4v) is 1.50. The highest BCUT2D eigenvalue weighted by atomic mass is 16.3. The van der Waals surface area contributed by atoms with Crippen molar-refractivity contribution < 1.29 is 14.7 Å². The van der Waals surface area contributed by atoms with Gasteiger partial charge in [-0.3, -0.25) is 14.5 Å². The highest BCUT2D eigenvalue weighted by Crippen LogP contribution is 2.10. The Bertz CT molecular complexity index is 415. The molecule has 5 heteroatoms. The van der Waals surface area contributed by atoms with Gasteiger partial charge in [0.25, 0.3) is 0 Å². The lowest BCUT2D eigenvalue weighted by Crippen LogP contribution is -2.38. The minimum absolute atomic E-state index is 0.0687. The van der Waals surface area contributed by atoms with Crippen LogP contribution in [0.15, 0.2) is 24.3 Å². The number of nitrogens with one attached hydrogen (secondary N) is 1. The molecule has 0 aliphatic heterocycles. The molecule has 1 rings (SSSR count). The first-order valence-corrected chi connectivity index (χ1v) is 5.82. The van der Waals surface area contributed by atoms with Gasteiger partial charge in [0.2, 0.25) is 5.91 Å². The molecule has 0 heterocycles. The third kappa shape index (κ3) is 4.18. The summed E-state index contributed by atoms with van der Waals surface area (Å²) in [4.78, 5) is 24.9. The Hall–Kier alpha value is -1.88. The second kappa shape index (κ2) is 6.76. The van der Waals surface area contributed by atoms with Gasteiger partial charge in [-0.25, -0.2) is 0 Å². The second-order valence-electron chi connectivity index (χ2n) is 3.95. The number of amides is 1. The van der Waals surface area contributed by atoms with Crippen molar-refractivity contribution in [2.24, 2.45) is 0 Å². The number of nitrogens with zero attached hydrogens (tertiary/aromatic N) is 1. The van der Waals surface area contributed by atoms with Gasteiger partial charge >= 0.3 is 0 Å². The number of hydrogen-bond donors (Lipinski definition) is 2. The van der Waals surface area contributed by atoms with Gasteiger partial charge in [0.05, 0.1) is 13.1 Å². The first-order chi connectivity index (χ1) is 8.56. The standard InChI is InChI=1S/C13H18N2O3/c1-3-15(9-13(18)14-2)8-12(17)10-4-6-11(16)7-5-10/h4-7,16H,3,8-9H2,1-2H3,(H,14,18). The highest BCUT2D eigenvalue weighted by molar-refractivity contribution is 5.97. The summed E-state index contributed by atoms with van der Waals surface area (Å²) in [5.41, 5.74) is 0.531. The fourth-order valence-electron chi connectivity index (χ4n) is 1.50. The number of likely N-dealkylation sites (N-methyl/N-ethyl adjacent to an activating group) is 2. The van der Waals surface area contributed by atoms with Crippen LogP contribution in [0.3, 0.4) is 0 Å². The van der Waals surface area contributed by atoms with Gasteiger partial charge in [0, 0.05) is 12.6 Å². The van der Waals surface area contributed by atoms with E-state index in [0.29, 0.717) is 12.1 Å². The van der Waals surface area contributed by atoms with Gasteiger partial charge in [-0.2, -0.15) is 0 Å². The Balaban J connectivity index is 2.61. The van der Waals surface area contributed by atoms with Crippen LogP contribution in [0.25, 0.3) is 0 Å². The largest absolute Gasteiger partial charge is 0.508 e. The van der Waals surface area contributed by atoms with Crippen LogP contribution in [0.4, 0.5) is 0 Å². The summed E-state index contributed by atoms with van der Waals surface area (Å²) in [6.45, 7) is 2.91. The molecule has 0 bridgehead atoms. The average molecular weight is 250 g/mol. The van der Waals surface area contributed by atoms with Crippen molar-refractivity contribution in [1.82, 2.24) is 10.2 Å². The highest BCUT2D eigenvalue weighted by Gasteiger charge is 2.13. The maximum atomic E-state index is 11.9. The first kappa shape index (κ1) is 14.2. The maximum absolute atomic E-state index is 11.9. The molecule has 1 aromatic carbocycles. The van der Waals surface area contributed by atoms with Gasteiger partial charge in [0.15, 0.2) is 5.78 Å². The van der Waals surface area contributed by atoms with E-state index in [2.05, 4.69) is 5.32 Å². The van der Waals surface area contributed by atoms with Crippen LogP contribution in [0, 0.1) is 0 Å². The number of phenolic OH excluding ortho intramolecular Hbond substituents is 1. The van der Waals surface area contributed by atoms with Crippen molar-refractivity contribution in [3.63, 3.8) is 0 Å². The van der Waals surface area contributed by atoms with Gasteiger partial charge in [-0.15, -0.1) is 0 Å². The van der Waals surface area contributed by atoms with Crippen LogP contribution in [0.5, 0.6) is 5.75 Å². The zero-order chi connectivity index (χ0) is 13.5. The number of ketones is 1. The van der Waals surface area contributed by atoms with Gasteiger partial charge in [-0.1, -0.05) is 6.92 Å². The number of Topliss-reactive ketones (excluding diaryl/α,β-unsaturated/α-hetero) is 1. The summed E-state index contributed by atoms with van der Waals surface area (Å²) in [6, 6.07) is 6.10. The Labute approximate surface area is 106 Å². The second-order valence-corrected chi connectivity index (χ2v) is 3.95. The number of hydrogen-bond acceptors (Lipinski definition) is 4. The van der Waals surface area contributed by atoms with Crippen molar-refractivity contribution in [2.75, 3.05) is 26.7 Å². The van der Waals surface area contributed by atoms with E-state index in [1.807, 2.05) is 6.92 Å². The lowest BCUT2D eigenvalue weighted by atomic mass is 10.1. The monoisotopic (exact) mass is 250 g/mol. The summed E-state index contributed by atoms with van der Waals surface area (Å²) >= 11 is 0. The van der Waals surface area contributed by atoms with Crippen LogP contribution in [-0.2, 0) is 4.79 Å². The molecule has 0 aliphatic rings. The van der Waals surface area contributed by atoms with E-state index < -0.39 is 0 Å². The molecule has 0 fully saturated rings. The van der Waals surface area contributed by atoms with Crippen molar-refractivity contribution in [2.45, 2.75) is 6.92 Å². The van der Waals surface area contributed by atoms with Crippen molar-refractivity contribution >= 4 is 11.7 Å². The molecule has 1 amide bonds. The Morgan fingerprint density at radius 3 is 2.33 bits per heavy atom. The molecule has 0 spiro atoms. The average Bonchev–Trinajstić information content (AvgIpc) is 2.38.